The summed E-state index contributed by atoms with van der Waals surface area (Å²) >= 11 is 0. The molecule has 88 valence electrons. The Kier molecular flexibility index (Phi) is 4.41. The molecule has 1 aliphatic carbocycles. The van der Waals surface area contributed by atoms with Gasteiger partial charge in [0.05, 0.1) is 0 Å². The third-order valence-electron chi connectivity index (χ3n) is 3.75. The minimum absolute atomic E-state index is 0.954. The van der Waals surface area contributed by atoms with E-state index >= 15 is 0 Å². The molecule has 0 spiro atoms. The van der Waals surface area contributed by atoms with Gasteiger partial charge in [0.2, 0.25) is 0 Å². The van der Waals surface area contributed by atoms with Crippen molar-refractivity contribution in [2.75, 3.05) is 13.6 Å². The lowest BCUT2D eigenvalue weighted by Gasteiger charge is -2.13. The Morgan fingerprint density at radius 1 is 1.12 bits per heavy atom. The van der Waals surface area contributed by atoms with E-state index in [9.17, 15) is 0 Å². The first-order valence-electron chi connectivity index (χ1n) is 6.61. The van der Waals surface area contributed by atoms with Crippen molar-refractivity contribution in [3.05, 3.63) is 35.4 Å². The molecule has 1 aromatic carbocycles. The van der Waals surface area contributed by atoms with Crippen molar-refractivity contribution in [2.24, 2.45) is 5.92 Å². The van der Waals surface area contributed by atoms with Crippen LogP contribution in [-0.2, 0) is 12.8 Å². The van der Waals surface area contributed by atoms with E-state index in [0.717, 1.165) is 12.5 Å². The molecule has 1 saturated carbocycles. The topological polar surface area (TPSA) is 12.0 Å². The molecule has 0 aromatic heterocycles. The van der Waals surface area contributed by atoms with Gasteiger partial charge in [0.25, 0.3) is 0 Å². The largest absolute Gasteiger partial charge is 0.319 e. The summed E-state index contributed by atoms with van der Waals surface area (Å²) < 4.78 is 0. The van der Waals surface area contributed by atoms with Gasteiger partial charge >= 0.3 is 0 Å². The maximum absolute atomic E-state index is 3.24. The molecular weight excluding hydrogens is 194 g/mol. The van der Waals surface area contributed by atoms with Gasteiger partial charge in [-0.2, -0.15) is 0 Å². The van der Waals surface area contributed by atoms with Gasteiger partial charge in [-0.25, -0.2) is 0 Å². The number of likely N-dealkylation sites (N-methyl/N-ethyl adjacent to an activating group) is 1. The van der Waals surface area contributed by atoms with Crippen molar-refractivity contribution in [3.8, 4) is 0 Å². The van der Waals surface area contributed by atoms with E-state index in [1.807, 2.05) is 7.05 Å². The molecule has 0 radical (unpaired) electrons. The van der Waals surface area contributed by atoms with E-state index in [4.69, 9.17) is 0 Å². The molecule has 1 N–H and O–H groups in total. The summed E-state index contributed by atoms with van der Waals surface area (Å²) in [6.45, 7) is 1.08. The summed E-state index contributed by atoms with van der Waals surface area (Å²) in [6, 6.07) is 8.97. The van der Waals surface area contributed by atoms with Crippen LogP contribution in [0.5, 0.6) is 0 Å². The van der Waals surface area contributed by atoms with Crippen LogP contribution in [0.2, 0.25) is 0 Å². The van der Waals surface area contributed by atoms with Crippen LogP contribution in [0, 0.1) is 5.92 Å². The van der Waals surface area contributed by atoms with E-state index in [2.05, 4.69) is 29.6 Å². The normalized spacial score (nSPS) is 16.8. The zero-order chi connectivity index (χ0) is 11.2. The molecule has 2 rings (SSSR count). The standard InChI is InChI=1S/C15H23N/c1-16-11-10-14-8-4-5-9-15(14)12-13-6-2-3-7-13/h4-5,8-9,13,16H,2-3,6-7,10-12H2,1H3. The average molecular weight is 217 g/mol. The predicted molar refractivity (Wildman–Crippen MR) is 69.7 cm³/mol. The predicted octanol–water partition coefficient (Wildman–Crippen LogP) is 3.18. The molecule has 0 heterocycles. The highest BCUT2D eigenvalue weighted by Crippen LogP contribution is 2.28. The molecule has 1 aromatic rings. The molecule has 0 bridgehead atoms. The van der Waals surface area contributed by atoms with Crippen LogP contribution in [0.1, 0.15) is 36.8 Å². The molecule has 0 amide bonds. The van der Waals surface area contributed by atoms with E-state index in [0.29, 0.717) is 0 Å². The van der Waals surface area contributed by atoms with Crippen LogP contribution in [0.4, 0.5) is 0 Å². The van der Waals surface area contributed by atoms with Gasteiger partial charge in [-0.3, -0.25) is 0 Å². The molecule has 1 fully saturated rings. The Morgan fingerprint density at radius 2 is 1.81 bits per heavy atom. The van der Waals surface area contributed by atoms with E-state index < -0.39 is 0 Å². The lowest BCUT2D eigenvalue weighted by molar-refractivity contribution is 0.543. The van der Waals surface area contributed by atoms with Crippen LogP contribution >= 0.6 is 0 Å². The Bertz CT molecular complexity index is 313. The van der Waals surface area contributed by atoms with Gasteiger partial charge in [-0.05, 0) is 43.5 Å². The molecule has 0 atom stereocenters. The van der Waals surface area contributed by atoms with Crippen LogP contribution < -0.4 is 5.32 Å². The third-order valence-corrected chi connectivity index (χ3v) is 3.75. The molecule has 0 unspecified atom stereocenters. The van der Waals surface area contributed by atoms with E-state index in [1.165, 1.54) is 38.5 Å². The summed E-state index contributed by atoms with van der Waals surface area (Å²) in [4.78, 5) is 0. The fourth-order valence-electron chi connectivity index (χ4n) is 2.79. The van der Waals surface area contributed by atoms with Crippen LogP contribution in [-0.4, -0.2) is 13.6 Å². The Balaban J connectivity index is 2.00. The number of benzene rings is 1. The van der Waals surface area contributed by atoms with Crippen molar-refractivity contribution in [1.29, 1.82) is 0 Å². The fourth-order valence-corrected chi connectivity index (χ4v) is 2.79. The van der Waals surface area contributed by atoms with Crippen molar-refractivity contribution in [2.45, 2.75) is 38.5 Å². The zero-order valence-corrected chi connectivity index (χ0v) is 10.3. The highest BCUT2D eigenvalue weighted by atomic mass is 14.8. The number of rotatable bonds is 5. The molecular formula is C15H23N. The van der Waals surface area contributed by atoms with Gasteiger partial charge in [0.15, 0.2) is 0 Å². The van der Waals surface area contributed by atoms with Crippen molar-refractivity contribution in [3.63, 3.8) is 0 Å². The minimum Gasteiger partial charge on any atom is -0.319 e. The van der Waals surface area contributed by atoms with Crippen molar-refractivity contribution < 1.29 is 0 Å². The second-order valence-electron chi connectivity index (χ2n) is 4.98. The van der Waals surface area contributed by atoms with Crippen molar-refractivity contribution in [1.82, 2.24) is 5.32 Å². The highest BCUT2D eigenvalue weighted by Gasteiger charge is 2.16. The molecule has 1 nitrogen and oxygen atoms in total. The van der Waals surface area contributed by atoms with Gasteiger partial charge in [-0.1, -0.05) is 49.9 Å². The van der Waals surface area contributed by atoms with Gasteiger partial charge in [0.1, 0.15) is 0 Å². The minimum atomic E-state index is 0.954. The van der Waals surface area contributed by atoms with E-state index in [-0.39, 0.29) is 0 Å². The Hall–Kier alpha value is -0.820. The number of nitrogens with one attached hydrogen (secondary N) is 1. The first-order chi connectivity index (χ1) is 7.90. The van der Waals surface area contributed by atoms with Crippen LogP contribution in [0.25, 0.3) is 0 Å². The summed E-state index contributed by atoms with van der Waals surface area (Å²) in [6.07, 6.45) is 8.26. The molecule has 16 heavy (non-hydrogen) atoms. The zero-order valence-electron chi connectivity index (χ0n) is 10.3. The van der Waals surface area contributed by atoms with Gasteiger partial charge in [-0.15, -0.1) is 0 Å². The SMILES string of the molecule is CNCCc1ccccc1CC1CCCC1. The lowest BCUT2D eigenvalue weighted by atomic mass is 9.93. The van der Waals surface area contributed by atoms with E-state index in [1.54, 1.807) is 11.1 Å². The number of hydrogen-bond donors (Lipinski definition) is 1. The van der Waals surface area contributed by atoms with Gasteiger partial charge < -0.3 is 5.32 Å². The van der Waals surface area contributed by atoms with Crippen molar-refractivity contribution >= 4 is 0 Å². The average Bonchev–Trinajstić information content (AvgIpc) is 2.81. The second-order valence-corrected chi connectivity index (χ2v) is 4.98. The maximum Gasteiger partial charge on any atom is -0.00113 e. The Morgan fingerprint density at radius 3 is 2.50 bits per heavy atom. The second kappa shape index (κ2) is 6.05. The molecule has 1 aliphatic rings. The summed E-state index contributed by atoms with van der Waals surface area (Å²) in [5.41, 5.74) is 3.13. The quantitative estimate of drug-likeness (QED) is 0.798. The monoisotopic (exact) mass is 217 g/mol. The summed E-state index contributed by atoms with van der Waals surface area (Å²) in [7, 11) is 2.03. The summed E-state index contributed by atoms with van der Waals surface area (Å²) in [5.74, 6) is 0.954. The first kappa shape index (κ1) is 11.7. The molecule has 0 aliphatic heterocycles. The fraction of sp³-hybridized carbons (Fsp3) is 0.600. The first-order valence-corrected chi connectivity index (χ1v) is 6.61. The maximum atomic E-state index is 3.24. The molecule has 1 heteroatoms. The summed E-state index contributed by atoms with van der Waals surface area (Å²) in [5, 5.41) is 3.24. The van der Waals surface area contributed by atoms with Gasteiger partial charge in [0, 0.05) is 0 Å². The molecule has 0 saturated heterocycles. The number of hydrogen-bond acceptors (Lipinski definition) is 1. The van der Waals surface area contributed by atoms with Crippen LogP contribution in [0.15, 0.2) is 24.3 Å². The lowest BCUT2D eigenvalue weighted by Crippen LogP contribution is -2.12. The van der Waals surface area contributed by atoms with Crippen LogP contribution in [0.3, 0.4) is 0 Å². The third kappa shape index (κ3) is 3.08. The Labute approximate surface area is 99.3 Å². The smallest absolute Gasteiger partial charge is 0.00113 e. The highest BCUT2D eigenvalue weighted by molar-refractivity contribution is 5.28.